The summed E-state index contributed by atoms with van der Waals surface area (Å²) in [5, 5.41) is 4.54. The van der Waals surface area contributed by atoms with E-state index < -0.39 is 0 Å². The van der Waals surface area contributed by atoms with Crippen LogP contribution in [0.5, 0.6) is 5.75 Å². The second-order valence-corrected chi connectivity index (χ2v) is 7.04. The molecule has 134 valence electrons. The largest absolute Gasteiger partial charge is 0.484 e. The molecule has 0 spiro atoms. The Hall–Kier alpha value is -2.30. The van der Waals surface area contributed by atoms with Crippen LogP contribution in [0.15, 0.2) is 30.3 Å². The van der Waals surface area contributed by atoms with Crippen LogP contribution in [0.3, 0.4) is 0 Å². The Morgan fingerprint density at radius 2 is 1.96 bits per heavy atom. The van der Waals surface area contributed by atoms with E-state index in [4.69, 9.17) is 4.74 Å². The van der Waals surface area contributed by atoms with Crippen molar-refractivity contribution in [2.75, 3.05) is 19.7 Å². The van der Waals surface area contributed by atoms with E-state index in [2.05, 4.69) is 22.8 Å². The maximum absolute atomic E-state index is 12.4. The molecule has 25 heavy (non-hydrogen) atoms. The minimum Gasteiger partial charge on any atom is -0.484 e. The van der Waals surface area contributed by atoms with Gasteiger partial charge in [0.1, 0.15) is 5.75 Å². The molecule has 5 heteroatoms. The van der Waals surface area contributed by atoms with Crippen LogP contribution in [-0.2, 0) is 11.3 Å². The summed E-state index contributed by atoms with van der Waals surface area (Å²) >= 11 is 0. The van der Waals surface area contributed by atoms with Crippen LogP contribution >= 0.6 is 0 Å². The van der Waals surface area contributed by atoms with Crippen molar-refractivity contribution in [2.24, 2.45) is 5.92 Å². The Labute approximate surface area is 149 Å². The highest BCUT2D eigenvalue weighted by Crippen LogP contribution is 2.20. The molecule has 1 saturated heterocycles. The molecular formula is C20H27N3O2. The molecule has 3 rings (SSSR count). The molecule has 0 bridgehead atoms. The van der Waals surface area contributed by atoms with Gasteiger partial charge in [-0.2, -0.15) is 5.10 Å². The van der Waals surface area contributed by atoms with Crippen LogP contribution in [-0.4, -0.2) is 40.3 Å². The van der Waals surface area contributed by atoms with Crippen LogP contribution in [0.2, 0.25) is 0 Å². The van der Waals surface area contributed by atoms with Crippen molar-refractivity contribution >= 4 is 5.91 Å². The molecule has 1 aliphatic rings. The van der Waals surface area contributed by atoms with E-state index in [1.54, 1.807) is 0 Å². The molecule has 1 aliphatic heterocycles. The van der Waals surface area contributed by atoms with Crippen LogP contribution < -0.4 is 4.74 Å². The normalized spacial score (nSPS) is 15.4. The number of aromatic nitrogens is 2. The molecule has 5 nitrogen and oxygen atoms in total. The highest BCUT2D eigenvalue weighted by molar-refractivity contribution is 5.77. The van der Waals surface area contributed by atoms with Crippen LogP contribution in [0.25, 0.3) is 0 Å². The zero-order valence-corrected chi connectivity index (χ0v) is 15.4. The quantitative estimate of drug-likeness (QED) is 0.839. The molecule has 0 aliphatic carbocycles. The van der Waals surface area contributed by atoms with E-state index in [-0.39, 0.29) is 12.5 Å². The summed E-state index contributed by atoms with van der Waals surface area (Å²) in [5.74, 6) is 1.42. The summed E-state index contributed by atoms with van der Waals surface area (Å²) < 4.78 is 7.73. The molecule has 2 heterocycles. The summed E-state index contributed by atoms with van der Waals surface area (Å²) in [6, 6.07) is 9.91. The van der Waals surface area contributed by atoms with Crippen molar-refractivity contribution in [3.63, 3.8) is 0 Å². The molecular weight excluding hydrogens is 314 g/mol. The lowest BCUT2D eigenvalue weighted by Crippen LogP contribution is -2.41. The summed E-state index contributed by atoms with van der Waals surface area (Å²) in [7, 11) is 0. The first-order valence-corrected chi connectivity index (χ1v) is 8.99. The van der Waals surface area contributed by atoms with Crippen LogP contribution in [0.4, 0.5) is 0 Å². The summed E-state index contributed by atoms with van der Waals surface area (Å²) in [6.45, 7) is 8.82. The minimum absolute atomic E-state index is 0.0751. The third kappa shape index (κ3) is 4.62. The molecule has 1 aromatic carbocycles. The Morgan fingerprint density at radius 1 is 1.20 bits per heavy atom. The van der Waals surface area contributed by atoms with Crippen molar-refractivity contribution < 1.29 is 9.53 Å². The summed E-state index contributed by atoms with van der Waals surface area (Å²) in [4.78, 5) is 14.3. The van der Waals surface area contributed by atoms with Gasteiger partial charge in [0.05, 0.1) is 5.69 Å². The van der Waals surface area contributed by atoms with Crippen molar-refractivity contribution in [3.8, 4) is 5.75 Å². The monoisotopic (exact) mass is 341 g/mol. The number of carbonyl (C=O) groups excluding carboxylic acids is 1. The summed E-state index contributed by atoms with van der Waals surface area (Å²) in [6.07, 6.45) is 2.04. The lowest BCUT2D eigenvalue weighted by molar-refractivity contribution is -0.134. The van der Waals surface area contributed by atoms with E-state index >= 15 is 0 Å². The number of likely N-dealkylation sites (tertiary alicyclic amines) is 1. The Balaban J connectivity index is 1.45. The van der Waals surface area contributed by atoms with E-state index in [1.807, 2.05) is 43.0 Å². The fourth-order valence-electron chi connectivity index (χ4n) is 3.41. The fourth-order valence-corrected chi connectivity index (χ4v) is 3.41. The minimum atomic E-state index is 0.0751. The van der Waals surface area contributed by atoms with Gasteiger partial charge in [0.25, 0.3) is 5.91 Å². The molecule has 2 aromatic rings. The second kappa shape index (κ2) is 7.72. The number of ether oxygens (including phenoxy) is 1. The molecule has 0 unspecified atom stereocenters. The molecule has 0 saturated carbocycles. The van der Waals surface area contributed by atoms with E-state index in [1.165, 1.54) is 5.69 Å². The Morgan fingerprint density at radius 3 is 2.60 bits per heavy atom. The first-order valence-electron chi connectivity index (χ1n) is 8.99. The van der Waals surface area contributed by atoms with Gasteiger partial charge in [0.2, 0.25) is 0 Å². The molecule has 0 atom stereocenters. The van der Waals surface area contributed by atoms with Gasteiger partial charge in [-0.3, -0.25) is 9.48 Å². The Kier molecular flexibility index (Phi) is 5.41. The van der Waals surface area contributed by atoms with Gasteiger partial charge in [-0.05, 0) is 63.3 Å². The highest BCUT2D eigenvalue weighted by atomic mass is 16.5. The predicted molar refractivity (Wildman–Crippen MR) is 97.7 cm³/mol. The number of rotatable bonds is 5. The lowest BCUT2D eigenvalue weighted by atomic mass is 9.97. The van der Waals surface area contributed by atoms with E-state index in [0.717, 1.165) is 49.5 Å². The third-order valence-corrected chi connectivity index (χ3v) is 4.85. The maximum atomic E-state index is 12.4. The lowest BCUT2D eigenvalue weighted by Gasteiger charge is -2.32. The average molecular weight is 341 g/mol. The zero-order chi connectivity index (χ0) is 17.8. The first-order chi connectivity index (χ1) is 12.0. The number of nitrogens with zero attached hydrogens (tertiary/aromatic N) is 3. The van der Waals surface area contributed by atoms with Crippen LogP contribution in [0.1, 0.15) is 29.8 Å². The molecule has 0 N–H and O–H groups in total. The van der Waals surface area contributed by atoms with Gasteiger partial charge in [-0.15, -0.1) is 0 Å². The van der Waals surface area contributed by atoms with E-state index in [9.17, 15) is 4.79 Å². The van der Waals surface area contributed by atoms with Gasteiger partial charge in [0.15, 0.2) is 6.61 Å². The van der Waals surface area contributed by atoms with Crippen LogP contribution in [0, 0.1) is 26.7 Å². The number of amides is 1. The van der Waals surface area contributed by atoms with Gasteiger partial charge < -0.3 is 9.64 Å². The van der Waals surface area contributed by atoms with Crippen molar-refractivity contribution in [1.29, 1.82) is 0 Å². The molecule has 1 fully saturated rings. The number of hydrogen-bond acceptors (Lipinski definition) is 3. The standard InChI is InChI=1S/C20H27N3O2/c1-15-5-4-6-19(11-15)25-14-20(24)22-9-7-18(8-10-22)13-23-17(3)12-16(2)21-23/h4-6,11-12,18H,7-10,13-14H2,1-3H3. The van der Waals surface area contributed by atoms with Gasteiger partial charge in [-0.25, -0.2) is 0 Å². The van der Waals surface area contributed by atoms with E-state index in [0.29, 0.717) is 5.92 Å². The average Bonchev–Trinajstić information content (AvgIpc) is 2.91. The zero-order valence-electron chi connectivity index (χ0n) is 15.4. The molecule has 1 amide bonds. The smallest absolute Gasteiger partial charge is 0.260 e. The highest BCUT2D eigenvalue weighted by Gasteiger charge is 2.23. The number of carbonyl (C=O) groups is 1. The number of piperidine rings is 1. The van der Waals surface area contributed by atoms with Crippen molar-refractivity contribution in [2.45, 2.75) is 40.2 Å². The number of aryl methyl sites for hydroxylation is 3. The van der Waals surface area contributed by atoms with Crippen molar-refractivity contribution in [1.82, 2.24) is 14.7 Å². The summed E-state index contributed by atoms with van der Waals surface area (Å²) in [5.41, 5.74) is 3.41. The fraction of sp³-hybridized carbons (Fsp3) is 0.500. The topological polar surface area (TPSA) is 47.4 Å². The van der Waals surface area contributed by atoms with Crippen molar-refractivity contribution in [3.05, 3.63) is 47.3 Å². The predicted octanol–water partition coefficient (Wildman–Crippen LogP) is 3.13. The van der Waals surface area contributed by atoms with Gasteiger partial charge in [0, 0.05) is 25.3 Å². The van der Waals surface area contributed by atoms with Gasteiger partial charge in [-0.1, -0.05) is 12.1 Å². The Bertz CT molecular complexity index is 730. The molecule has 0 radical (unpaired) electrons. The number of hydrogen-bond donors (Lipinski definition) is 0. The first kappa shape index (κ1) is 17.5. The second-order valence-electron chi connectivity index (χ2n) is 7.04. The third-order valence-electron chi connectivity index (χ3n) is 4.85. The maximum Gasteiger partial charge on any atom is 0.260 e. The van der Waals surface area contributed by atoms with Gasteiger partial charge >= 0.3 is 0 Å². The SMILES string of the molecule is Cc1cccc(OCC(=O)N2CCC(Cn3nc(C)cc3C)CC2)c1. The number of benzene rings is 1. The molecule has 1 aromatic heterocycles.